The second-order valence-corrected chi connectivity index (χ2v) is 5.36. The van der Waals surface area contributed by atoms with Crippen LogP contribution in [0.4, 0.5) is 0 Å². The van der Waals surface area contributed by atoms with E-state index >= 15 is 0 Å². The summed E-state index contributed by atoms with van der Waals surface area (Å²) in [7, 11) is 3.26. The molecule has 0 aliphatic rings. The molecule has 5 heteroatoms. The summed E-state index contributed by atoms with van der Waals surface area (Å²) >= 11 is 0. The van der Waals surface area contributed by atoms with Crippen molar-refractivity contribution < 1.29 is 14.0 Å². The highest BCUT2D eigenvalue weighted by molar-refractivity contribution is 5.88. The van der Waals surface area contributed by atoms with Crippen molar-refractivity contribution in [2.45, 2.75) is 19.8 Å². The fourth-order valence-corrected chi connectivity index (χ4v) is 2.29. The van der Waals surface area contributed by atoms with Crippen molar-refractivity contribution in [2.75, 3.05) is 14.2 Å². The number of fused-ring (bicyclic) bond motifs is 1. The number of nitrogens with zero attached hydrogens (tertiary/aromatic N) is 2. The van der Waals surface area contributed by atoms with Gasteiger partial charge in [0, 0.05) is 29.5 Å². The Morgan fingerprint density at radius 1 is 1.00 bits per heavy atom. The average Bonchev–Trinajstić information content (AvgIpc) is 3.03. The second-order valence-electron chi connectivity index (χ2n) is 5.36. The maximum atomic E-state index is 5.40. The molecule has 0 spiro atoms. The summed E-state index contributed by atoms with van der Waals surface area (Å²) in [6, 6.07) is 9.54. The summed E-state index contributed by atoms with van der Waals surface area (Å²) in [5.41, 5.74) is 2.29. The molecule has 114 valence electrons. The zero-order valence-corrected chi connectivity index (χ0v) is 13.1. The van der Waals surface area contributed by atoms with Crippen molar-refractivity contribution in [3.8, 4) is 22.9 Å². The molecule has 2 heterocycles. The molecule has 3 rings (SSSR count). The van der Waals surface area contributed by atoms with Crippen LogP contribution in [0.15, 0.2) is 34.9 Å². The van der Waals surface area contributed by atoms with Gasteiger partial charge < -0.3 is 14.0 Å². The first-order valence-corrected chi connectivity index (χ1v) is 7.12. The summed E-state index contributed by atoms with van der Waals surface area (Å²) in [6.07, 6.45) is 0. The van der Waals surface area contributed by atoms with Crippen LogP contribution in [0, 0.1) is 0 Å². The lowest BCUT2D eigenvalue weighted by molar-refractivity contribution is 0.373. The fourth-order valence-electron chi connectivity index (χ4n) is 2.29. The molecule has 0 aliphatic heterocycles. The zero-order valence-electron chi connectivity index (χ0n) is 13.1. The van der Waals surface area contributed by atoms with Gasteiger partial charge in [-0.3, -0.25) is 0 Å². The van der Waals surface area contributed by atoms with Crippen LogP contribution in [0.5, 0.6) is 11.5 Å². The Bertz CT molecular complexity index is 809. The van der Waals surface area contributed by atoms with E-state index in [-0.39, 0.29) is 0 Å². The van der Waals surface area contributed by atoms with E-state index in [1.54, 1.807) is 14.2 Å². The highest BCUT2D eigenvalue weighted by Gasteiger charge is 2.13. The summed E-state index contributed by atoms with van der Waals surface area (Å²) in [4.78, 5) is 4.65. The number of aromatic nitrogens is 2. The second kappa shape index (κ2) is 5.67. The predicted molar refractivity (Wildman–Crippen MR) is 84.4 cm³/mol. The lowest BCUT2D eigenvalue weighted by Crippen LogP contribution is -1.92. The Hall–Kier alpha value is -2.56. The number of hydrogen-bond acceptors (Lipinski definition) is 5. The van der Waals surface area contributed by atoms with Crippen LogP contribution in [0.25, 0.3) is 22.3 Å². The minimum absolute atomic E-state index is 0.293. The smallest absolute Gasteiger partial charge is 0.139 e. The molecule has 0 atom stereocenters. The number of rotatable bonds is 4. The van der Waals surface area contributed by atoms with Gasteiger partial charge in [-0.05, 0) is 12.1 Å². The molecule has 0 bridgehead atoms. The molecule has 0 radical (unpaired) electrons. The van der Waals surface area contributed by atoms with Gasteiger partial charge >= 0.3 is 0 Å². The molecule has 0 aliphatic carbocycles. The number of pyridine rings is 1. The van der Waals surface area contributed by atoms with E-state index in [1.165, 1.54) is 0 Å². The first-order chi connectivity index (χ1) is 10.6. The summed E-state index contributed by atoms with van der Waals surface area (Å²) in [5, 5.41) is 5.03. The molecule has 1 aromatic carbocycles. The first kappa shape index (κ1) is 14.4. The van der Waals surface area contributed by atoms with Crippen LogP contribution >= 0.6 is 0 Å². The Balaban J connectivity index is 2.11. The maximum absolute atomic E-state index is 5.40. The quantitative estimate of drug-likeness (QED) is 0.728. The number of hydrogen-bond donors (Lipinski definition) is 0. The van der Waals surface area contributed by atoms with Crippen molar-refractivity contribution in [2.24, 2.45) is 0 Å². The zero-order chi connectivity index (χ0) is 15.7. The van der Waals surface area contributed by atoms with Crippen molar-refractivity contribution in [1.82, 2.24) is 10.1 Å². The van der Waals surface area contributed by atoms with E-state index in [9.17, 15) is 0 Å². The van der Waals surface area contributed by atoms with Gasteiger partial charge in [0.1, 0.15) is 23.0 Å². The fraction of sp³-hybridized carbons (Fsp3) is 0.294. The standard InChI is InChI=1S/C17H18N2O3/c1-10(2)16-9-15(19-22-16)13-6-5-12-14(18-13)7-11(20-3)8-17(12)21-4/h5-10H,1-4H3. The molecule has 22 heavy (non-hydrogen) atoms. The van der Waals surface area contributed by atoms with Crippen molar-refractivity contribution >= 4 is 10.9 Å². The third-order valence-electron chi connectivity index (χ3n) is 3.56. The number of ether oxygens (including phenoxy) is 2. The van der Waals surface area contributed by atoms with Crippen molar-refractivity contribution in [3.63, 3.8) is 0 Å². The van der Waals surface area contributed by atoms with Crippen molar-refractivity contribution in [3.05, 3.63) is 36.1 Å². The SMILES string of the molecule is COc1cc(OC)c2ccc(-c3cc(C(C)C)on3)nc2c1. The normalized spacial score (nSPS) is 11.1. The van der Waals surface area contributed by atoms with E-state index in [4.69, 9.17) is 14.0 Å². The van der Waals surface area contributed by atoms with E-state index < -0.39 is 0 Å². The molecule has 0 saturated carbocycles. The molecule has 0 saturated heterocycles. The van der Waals surface area contributed by atoms with Crippen molar-refractivity contribution in [1.29, 1.82) is 0 Å². The lowest BCUT2D eigenvalue weighted by Gasteiger charge is -2.08. The van der Waals surface area contributed by atoms with Crippen LogP contribution in [0.2, 0.25) is 0 Å². The molecule has 5 nitrogen and oxygen atoms in total. The molecule has 2 aromatic heterocycles. The minimum Gasteiger partial charge on any atom is -0.497 e. The van der Waals surface area contributed by atoms with Gasteiger partial charge in [0.05, 0.1) is 25.4 Å². The third kappa shape index (κ3) is 2.50. The third-order valence-corrected chi connectivity index (χ3v) is 3.56. The molecular weight excluding hydrogens is 280 g/mol. The van der Waals surface area contributed by atoms with E-state index in [1.807, 2.05) is 30.3 Å². The van der Waals surface area contributed by atoms with E-state index in [2.05, 4.69) is 24.0 Å². The average molecular weight is 298 g/mol. The highest BCUT2D eigenvalue weighted by atomic mass is 16.5. The van der Waals surface area contributed by atoms with Crippen LogP contribution in [-0.4, -0.2) is 24.4 Å². The Morgan fingerprint density at radius 3 is 2.45 bits per heavy atom. The monoisotopic (exact) mass is 298 g/mol. The van der Waals surface area contributed by atoms with Gasteiger partial charge in [0.25, 0.3) is 0 Å². The Labute approximate surface area is 128 Å². The highest BCUT2D eigenvalue weighted by Crippen LogP contribution is 2.32. The van der Waals surface area contributed by atoms with Gasteiger partial charge in [-0.2, -0.15) is 0 Å². The summed E-state index contributed by atoms with van der Waals surface area (Å²) in [5.74, 6) is 2.58. The molecular formula is C17H18N2O3. The van der Waals surface area contributed by atoms with Gasteiger partial charge in [-0.1, -0.05) is 19.0 Å². The largest absolute Gasteiger partial charge is 0.497 e. The van der Waals surface area contributed by atoms with Gasteiger partial charge in [-0.25, -0.2) is 4.98 Å². The van der Waals surface area contributed by atoms with E-state index in [0.29, 0.717) is 11.7 Å². The molecule has 0 fully saturated rings. The number of benzene rings is 1. The molecule has 0 unspecified atom stereocenters. The Kier molecular flexibility index (Phi) is 3.71. The molecule has 0 amide bonds. The minimum atomic E-state index is 0.293. The first-order valence-electron chi connectivity index (χ1n) is 7.12. The van der Waals surface area contributed by atoms with Crippen LogP contribution in [0.3, 0.4) is 0 Å². The maximum Gasteiger partial charge on any atom is 0.139 e. The van der Waals surface area contributed by atoms with Gasteiger partial charge in [-0.15, -0.1) is 0 Å². The lowest BCUT2D eigenvalue weighted by atomic mass is 10.1. The predicted octanol–water partition coefficient (Wildman–Crippen LogP) is 4.03. The van der Waals surface area contributed by atoms with Gasteiger partial charge in [0.15, 0.2) is 0 Å². The van der Waals surface area contributed by atoms with E-state index in [0.717, 1.165) is 33.8 Å². The summed E-state index contributed by atoms with van der Waals surface area (Å²) < 4.78 is 16.0. The topological polar surface area (TPSA) is 57.4 Å². The van der Waals surface area contributed by atoms with Crippen LogP contribution in [-0.2, 0) is 0 Å². The van der Waals surface area contributed by atoms with Crippen LogP contribution < -0.4 is 9.47 Å². The van der Waals surface area contributed by atoms with Crippen LogP contribution in [0.1, 0.15) is 25.5 Å². The summed E-state index contributed by atoms with van der Waals surface area (Å²) in [6.45, 7) is 4.13. The molecule has 3 aromatic rings. The number of methoxy groups -OCH3 is 2. The molecule has 0 N–H and O–H groups in total. The Morgan fingerprint density at radius 2 is 1.82 bits per heavy atom. The van der Waals surface area contributed by atoms with Gasteiger partial charge in [0.2, 0.25) is 0 Å².